The Bertz CT molecular complexity index is 781. The van der Waals surface area contributed by atoms with Crippen molar-refractivity contribution in [2.45, 2.75) is 25.5 Å². The second kappa shape index (κ2) is 7.00. The van der Waals surface area contributed by atoms with Crippen LogP contribution in [0.4, 0.5) is 11.5 Å². The lowest BCUT2D eigenvalue weighted by atomic mass is 10.2. The number of ether oxygens (including phenoxy) is 1. The number of carbonyl (C=O) groups is 1. The van der Waals surface area contributed by atoms with E-state index in [-0.39, 0.29) is 12.0 Å². The number of nitrogens with two attached hydrogens (primary N) is 1. The number of aromatic nitrogens is 1. The molecule has 2 aromatic rings. The summed E-state index contributed by atoms with van der Waals surface area (Å²) in [5.74, 6) is 0.0674. The number of halogens is 1. The Labute approximate surface area is 148 Å². The molecule has 0 radical (unpaired) electrons. The number of rotatable bonds is 4. The summed E-state index contributed by atoms with van der Waals surface area (Å²) in [4.78, 5) is 12.9. The van der Waals surface area contributed by atoms with Gasteiger partial charge in [0.05, 0.1) is 23.4 Å². The lowest BCUT2D eigenvalue weighted by Crippen LogP contribution is -2.18. The number of nitrogen functional groups attached to an aromatic ring is 1. The van der Waals surface area contributed by atoms with Crippen molar-refractivity contribution in [1.82, 2.24) is 4.57 Å². The van der Waals surface area contributed by atoms with Crippen molar-refractivity contribution in [3.05, 3.63) is 38.1 Å². The molecule has 3 rings (SSSR count). The van der Waals surface area contributed by atoms with Gasteiger partial charge in [0.25, 0.3) is 5.91 Å². The van der Waals surface area contributed by atoms with Crippen LogP contribution in [0.3, 0.4) is 0 Å². The maximum atomic E-state index is 12.5. The van der Waals surface area contributed by atoms with Crippen molar-refractivity contribution in [1.29, 1.82) is 0 Å². The van der Waals surface area contributed by atoms with E-state index in [0.29, 0.717) is 31.9 Å². The predicted molar refractivity (Wildman–Crippen MR) is 95.9 cm³/mol. The third-order valence-corrected chi connectivity index (χ3v) is 5.47. The molecule has 0 bridgehead atoms. The first-order valence-electron chi connectivity index (χ1n) is 7.23. The fourth-order valence-electron chi connectivity index (χ4n) is 2.48. The number of hydrogen-bond acceptors (Lipinski definition) is 5. The van der Waals surface area contributed by atoms with E-state index in [1.165, 1.54) is 11.3 Å². The molecule has 1 aromatic carbocycles. The number of amides is 1. The van der Waals surface area contributed by atoms with E-state index in [1.807, 2.05) is 0 Å². The lowest BCUT2D eigenvalue weighted by Gasteiger charge is -2.12. The van der Waals surface area contributed by atoms with Crippen molar-refractivity contribution in [3.63, 3.8) is 0 Å². The first-order chi connectivity index (χ1) is 11.1. The van der Waals surface area contributed by atoms with Crippen LogP contribution in [0.25, 0.3) is 0 Å². The third-order valence-electron chi connectivity index (χ3n) is 3.67. The molecule has 0 saturated carbocycles. The number of anilines is 2. The summed E-state index contributed by atoms with van der Waals surface area (Å²) >= 11 is 12.6. The van der Waals surface area contributed by atoms with Crippen molar-refractivity contribution < 1.29 is 9.53 Å². The molecule has 0 spiro atoms. The minimum atomic E-state index is -0.308. The van der Waals surface area contributed by atoms with Gasteiger partial charge in [-0.05, 0) is 37.2 Å². The molecule has 1 aromatic heterocycles. The van der Waals surface area contributed by atoms with Gasteiger partial charge in [0.1, 0.15) is 10.7 Å². The summed E-state index contributed by atoms with van der Waals surface area (Å²) in [6.07, 6.45) is 2.14. The summed E-state index contributed by atoms with van der Waals surface area (Å²) in [5, 5.41) is 3.24. The zero-order valence-corrected chi connectivity index (χ0v) is 14.6. The Morgan fingerprint density at radius 3 is 3.00 bits per heavy atom. The van der Waals surface area contributed by atoms with Gasteiger partial charge in [-0.15, -0.1) is 0 Å². The minimum Gasteiger partial charge on any atom is -0.384 e. The van der Waals surface area contributed by atoms with E-state index in [1.54, 1.807) is 28.8 Å². The molecular formula is C15H16ClN3O2S2. The second-order valence-corrected chi connectivity index (χ2v) is 7.31. The molecule has 2 heterocycles. The molecule has 0 aliphatic carbocycles. The van der Waals surface area contributed by atoms with E-state index in [0.717, 1.165) is 19.4 Å². The van der Waals surface area contributed by atoms with Crippen LogP contribution < -0.4 is 11.1 Å². The minimum absolute atomic E-state index is 0.109. The van der Waals surface area contributed by atoms with E-state index < -0.39 is 0 Å². The van der Waals surface area contributed by atoms with E-state index in [4.69, 9.17) is 34.3 Å². The fourth-order valence-corrected chi connectivity index (χ4v) is 3.91. The van der Waals surface area contributed by atoms with Crippen molar-refractivity contribution in [2.24, 2.45) is 0 Å². The molecule has 1 amide bonds. The van der Waals surface area contributed by atoms with Crippen molar-refractivity contribution in [2.75, 3.05) is 17.7 Å². The molecule has 3 N–H and O–H groups in total. The summed E-state index contributed by atoms with van der Waals surface area (Å²) in [6.45, 7) is 1.35. The molecule has 1 atom stereocenters. The quantitative estimate of drug-likeness (QED) is 0.801. The highest BCUT2D eigenvalue weighted by Gasteiger charge is 2.22. The number of hydrogen-bond donors (Lipinski definition) is 2. The highest BCUT2D eigenvalue weighted by atomic mass is 35.5. The SMILES string of the molecule is Nc1c(C(=O)Nc2ccccc2Cl)sc(=S)n1C[C@H]1CCCO1. The zero-order valence-electron chi connectivity index (χ0n) is 12.3. The van der Waals surface area contributed by atoms with Crippen LogP contribution in [0.15, 0.2) is 24.3 Å². The molecule has 1 aliphatic heterocycles. The highest BCUT2D eigenvalue weighted by molar-refractivity contribution is 7.73. The Morgan fingerprint density at radius 2 is 2.30 bits per heavy atom. The first kappa shape index (κ1) is 16.4. The highest BCUT2D eigenvalue weighted by Crippen LogP contribution is 2.27. The summed E-state index contributed by atoms with van der Waals surface area (Å²) in [7, 11) is 0. The van der Waals surface area contributed by atoms with Gasteiger partial charge in [-0.1, -0.05) is 35.1 Å². The smallest absolute Gasteiger partial charge is 0.269 e. The molecule has 23 heavy (non-hydrogen) atoms. The van der Waals surface area contributed by atoms with Crippen LogP contribution in [0.1, 0.15) is 22.5 Å². The Balaban J connectivity index is 1.81. The number of thiazole rings is 1. The average Bonchev–Trinajstić information content (AvgIpc) is 3.13. The van der Waals surface area contributed by atoms with E-state index in [2.05, 4.69) is 5.32 Å². The summed E-state index contributed by atoms with van der Waals surface area (Å²) in [6, 6.07) is 7.05. The van der Waals surface area contributed by atoms with Crippen molar-refractivity contribution >= 4 is 52.6 Å². The molecule has 1 saturated heterocycles. The number of benzene rings is 1. The third kappa shape index (κ3) is 3.58. The van der Waals surface area contributed by atoms with Crippen LogP contribution in [0.5, 0.6) is 0 Å². The molecule has 8 heteroatoms. The van der Waals surface area contributed by atoms with Crippen LogP contribution in [-0.4, -0.2) is 23.2 Å². The van der Waals surface area contributed by atoms with E-state index >= 15 is 0 Å². The maximum Gasteiger partial charge on any atom is 0.269 e. The van der Waals surface area contributed by atoms with Gasteiger partial charge in [-0.2, -0.15) is 0 Å². The van der Waals surface area contributed by atoms with Gasteiger partial charge >= 0.3 is 0 Å². The topological polar surface area (TPSA) is 69.3 Å². The largest absolute Gasteiger partial charge is 0.384 e. The molecular weight excluding hydrogens is 354 g/mol. The van der Waals surface area contributed by atoms with Gasteiger partial charge in [-0.25, -0.2) is 0 Å². The van der Waals surface area contributed by atoms with Gasteiger partial charge in [0.2, 0.25) is 0 Å². The van der Waals surface area contributed by atoms with E-state index in [9.17, 15) is 4.79 Å². The van der Waals surface area contributed by atoms with Gasteiger partial charge < -0.3 is 20.4 Å². The van der Waals surface area contributed by atoms with Gasteiger partial charge in [0, 0.05) is 6.61 Å². The van der Waals surface area contributed by atoms with Gasteiger partial charge in [0.15, 0.2) is 3.95 Å². The number of para-hydroxylation sites is 1. The zero-order chi connectivity index (χ0) is 16.4. The average molecular weight is 370 g/mol. The van der Waals surface area contributed by atoms with Crippen LogP contribution >= 0.6 is 35.2 Å². The molecule has 122 valence electrons. The van der Waals surface area contributed by atoms with Crippen LogP contribution in [0, 0.1) is 3.95 Å². The predicted octanol–water partition coefficient (Wildman–Crippen LogP) is 3.95. The lowest BCUT2D eigenvalue weighted by molar-refractivity contribution is 0.0970. The normalized spacial score (nSPS) is 17.3. The maximum absolute atomic E-state index is 12.5. The molecule has 1 fully saturated rings. The van der Waals surface area contributed by atoms with Crippen LogP contribution in [-0.2, 0) is 11.3 Å². The molecule has 1 aliphatic rings. The monoisotopic (exact) mass is 369 g/mol. The first-order valence-corrected chi connectivity index (χ1v) is 8.83. The Morgan fingerprint density at radius 1 is 1.52 bits per heavy atom. The second-order valence-electron chi connectivity index (χ2n) is 5.26. The van der Waals surface area contributed by atoms with Crippen molar-refractivity contribution in [3.8, 4) is 0 Å². The Kier molecular flexibility index (Phi) is 5.01. The fraction of sp³-hybridized carbons (Fsp3) is 0.333. The summed E-state index contributed by atoms with van der Waals surface area (Å²) < 4.78 is 7.96. The summed E-state index contributed by atoms with van der Waals surface area (Å²) in [5.41, 5.74) is 6.68. The number of carbonyl (C=O) groups excluding carboxylic acids is 1. The number of nitrogens with zero attached hydrogens (tertiary/aromatic N) is 1. The standard InChI is InChI=1S/C15H16ClN3O2S2/c16-10-5-1-2-6-11(10)18-14(20)12-13(17)19(15(22)23-12)8-9-4-3-7-21-9/h1-2,5-6,9H,3-4,7-8,17H2,(H,18,20)/t9-/m1/s1. The molecule has 0 unspecified atom stereocenters. The van der Waals surface area contributed by atoms with Crippen LogP contribution in [0.2, 0.25) is 5.02 Å². The Hall–Kier alpha value is -1.41. The number of nitrogens with one attached hydrogen (secondary N) is 1. The molecule has 5 nitrogen and oxygen atoms in total. The van der Waals surface area contributed by atoms with Gasteiger partial charge in [-0.3, -0.25) is 4.79 Å².